The van der Waals surface area contributed by atoms with Crippen LogP contribution in [0.25, 0.3) is 111 Å². The SMILES string of the molecule is c1ccc(-c2cc(-c3ccccc3)cc(-c3nc(-c4ccccc4)nc(-c4ccc5c(c4)oc4cccc(-c6ccc(-c7cccc8ccccc78)cc6)c45)n3)c2)cc1. The molecule has 2 aromatic heterocycles. The molecule has 2 heterocycles. The first-order valence-electron chi connectivity index (χ1n) is 19.8. The molecule has 0 radical (unpaired) electrons. The van der Waals surface area contributed by atoms with E-state index in [4.69, 9.17) is 19.4 Å². The lowest BCUT2D eigenvalue weighted by Gasteiger charge is -2.12. The van der Waals surface area contributed by atoms with E-state index >= 15 is 0 Å². The van der Waals surface area contributed by atoms with Gasteiger partial charge in [0.25, 0.3) is 0 Å². The van der Waals surface area contributed by atoms with E-state index in [0.717, 1.165) is 72.0 Å². The molecule has 4 nitrogen and oxygen atoms in total. The van der Waals surface area contributed by atoms with E-state index in [1.54, 1.807) is 0 Å². The third-order valence-electron chi connectivity index (χ3n) is 11.1. The highest BCUT2D eigenvalue weighted by atomic mass is 16.3. The van der Waals surface area contributed by atoms with Gasteiger partial charge in [0, 0.05) is 27.5 Å². The van der Waals surface area contributed by atoms with Gasteiger partial charge in [-0.2, -0.15) is 0 Å². The zero-order valence-electron chi connectivity index (χ0n) is 32.0. The summed E-state index contributed by atoms with van der Waals surface area (Å²) in [6.07, 6.45) is 0. The maximum absolute atomic E-state index is 6.61. The van der Waals surface area contributed by atoms with Crippen molar-refractivity contribution >= 4 is 32.7 Å². The predicted octanol–water partition coefficient (Wildman–Crippen LogP) is 14.6. The quantitative estimate of drug-likeness (QED) is 0.163. The van der Waals surface area contributed by atoms with Crippen molar-refractivity contribution in [2.24, 2.45) is 0 Å². The molecule has 0 N–H and O–H groups in total. The lowest BCUT2D eigenvalue weighted by molar-refractivity contribution is 0.669. The second-order valence-corrected chi connectivity index (χ2v) is 14.8. The van der Waals surface area contributed by atoms with Crippen LogP contribution in [0.2, 0.25) is 0 Å². The molecule has 0 bridgehead atoms. The highest BCUT2D eigenvalue weighted by Crippen LogP contribution is 2.40. The summed E-state index contributed by atoms with van der Waals surface area (Å²) in [6.45, 7) is 0. The molecule has 9 aromatic carbocycles. The van der Waals surface area contributed by atoms with Crippen LogP contribution < -0.4 is 0 Å². The molecule has 4 heteroatoms. The van der Waals surface area contributed by atoms with Gasteiger partial charge in [-0.15, -0.1) is 0 Å². The first-order chi connectivity index (χ1) is 29.2. The zero-order chi connectivity index (χ0) is 39.1. The van der Waals surface area contributed by atoms with Crippen molar-refractivity contribution in [2.75, 3.05) is 0 Å². The molecule has 11 aromatic rings. The number of hydrogen-bond acceptors (Lipinski definition) is 4. The minimum atomic E-state index is 0.576. The summed E-state index contributed by atoms with van der Waals surface area (Å²) < 4.78 is 6.61. The lowest BCUT2D eigenvalue weighted by atomic mass is 9.94. The molecule has 0 unspecified atom stereocenters. The second kappa shape index (κ2) is 14.5. The fourth-order valence-corrected chi connectivity index (χ4v) is 8.21. The number of rotatable bonds is 7. The lowest BCUT2D eigenvalue weighted by Crippen LogP contribution is -2.00. The molecule has 276 valence electrons. The van der Waals surface area contributed by atoms with E-state index in [1.165, 1.54) is 21.9 Å². The average molecular weight is 754 g/mol. The van der Waals surface area contributed by atoms with Crippen LogP contribution in [0, 0.1) is 0 Å². The molecular weight excluding hydrogens is 719 g/mol. The van der Waals surface area contributed by atoms with Crippen LogP contribution in [0.4, 0.5) is 0 Å². The van der Waals surface area contributed by atoms with Gasteiger partial charge in [0.15, 0.2) is 17.5 Å². The van der Waals surface area contributed by atoms with Gasteiger partial charge in [-0.25, -0.2) is 15.0 Å². The fraction of sp³-hybridized carbons (Fsp3) is 0. The van der Waals surface area contributed by atoms with Crippen molar-refractivity contribution in [3.05, 3.63) is 212 Å². The molecular formula is C55H35N3O. The van der Waals surface area contributed by atoms with E-state index in [2.05, 4.69) is 164 Å². The van der Waals surface area contributed by atoms with E-state index in [9.17, 15) is 0 Å². The Balaban J connectivity index is 1.02. The number of fused-ring (bicyclic) bond motifs is 4. The Hall–Kier alpha value is -7.95. The van der Waals surface area contributed by atoms with Gasteiger partial charge in [-0.3, -0.25) is 0 Å². The third kappa shape index (κ3) is 6.43. The van der Waals surface area contributed by atoms with Gasteiger partial charge in [0.1, 0.15) is 11.2 Å². The molecule has 0 saturated heterocycles. The second-order valence-electron chi connectivity index (χ2n) is 14.8. The summed E-state index contributed by atoms with van der Waals surface area (Å²) in [6, 6.07) is 74.1. The Bertz CT molecular complexity index is 3240. The minimum Gasteiger partial charge on any atom is -0.456 e. The Morgan fingerprint density at radius 2 is 0.763 bits per heavy atom. The number of aromatic nitrogens is 3. The summed E-state index contributed by atoms with van der Waals surface area (Å²) in [4.78, 5) is 15.4. The van der Waals surface area contributed by atoms with E-state index in [0.29, 0.717) is 17.5 Å². The van der Waals surface area contributed by atoms with Crippen molar-refractivity contribution in [1.29, 1.82) is 0 Å². The Morgan fingerprint density at radius 3 is 1.44 bits per heavy atom. The number of nitrogens with zero attached hydrogens (tertiary/aromatic N) is 3. The van der Waals surface area contributed by atoms with Gasteiger partial charge in [0.05, 0.1) is 0 Å². The number of hydrogen-bond donors (Lipinski definition) is 0. The van der Waals surface area contributed by atoms with Crippen LogP contribution in [0.1, 0.15) is 0 Å². The number of benzene rings is 9. The van der Waals surface area contributed by atoms with Crippen LogP contribution in [-0.4, -0.2) is 15.0 Å². The van der Waals surface area contributed by atoms with Gasteiger partial charge in [-0.1, -0.05) is 176 Å². The Kier molecular flexibility index (Phi) is 8.45. The third-order valence-corrected chi connectivity index (χ3v) is 11.1. The summed E-state index contributed by atoms with van der Waals surface area (Å²) in [5.41, 5.74) is 13.4. The molecule has 0 amide bonds. The van der Waals surface area contributed by atoms with Gasteiger partial charge in [-0.05, 0) is 91.7 Å². The van der Waals surface area contributed by atoms with Crippen LogP contribution in [0.15, 0.2) is 217 Å². The normalized spacial score (nSPS) is 11.4. The average Bonchev–Trinajstić information content (AvgIpc) is 3.70. The summed E-state index contributed by atoms with van der Waals surface area (Å²) in [5.74, 6) is 1.78. The standard InChI is InChI=1S/C55H35N3O/c1-4-14-36(15-5-1)43-32-44(37-16-6-2-7-17-37)34-45(33-43)55-57-53(41-19-8-3-9-20-41)56-54(58-55)42-30-31-49-51(35-42)59-50-25-13-24-48(52(49)50)40-28-26-39(27-29-40)47-23-12-21-38-18-10-11-22-46(38)47/h1-35H. The van der Waals surface area contributed by atoms with Crippen molar-refractivity contribution in [2.45, 2.75) is 0 Å². The maximum Gasteiger partial charge on any atom is 0.164 e. The van der Waals surface area contributed by atoms with Crippen molar-refractivity contribution in [3.8, 4) is 78.7 Å². The van der Waals surface area contributed by atoms with Gasteiger partial charge in [0.2, 0.25) is 0 Å². The maximum atomic E-state index is 6.61. The summed E-state index contributed by atoms with van der Waals surface area (Å²) in [5, 5.41) is 4.61. The molecule has 0 aliphatic carbocycles. The van der Waals surface area contributed by atoms with Gasteiger partial charge < -0.3 is 4.42 Å². The number of furan rings is 1. The van der Waals surface area contributed by atoms with Crippen LogP contribution in [0.5, 0.6) is 0 Å². The molecule has 0 fully saturated rings. The molecule has 0 saturated carbocycles. The zero-order valence-corrected chi connectivity index (χ0v) is 32.0. The molecule has 0 spiro atoms. The summed E-state index contributed by atoms with van der Waals surface area (Å²) in [7, 11) is 0. The van der Waals surface area contributed by atoms with Crippen LogP contribution in [-0.2, 0) is 0 Å². The van der Waals surface area contributed by atoms with E-state index in [-0.39, 0.29) is 0 Å². The van der Waals surface area contributed by atoms with Crippen LogP contribution >= 0.6 is 0 Å². The van der Waals surface area contributed by atoms with E-state index in [1.807, 2.05) is 48.5 Å². The largest absolute Gasteiger partial charge is 0.456 e. The summed E-state index contributed by atoms with van der Waals surface area (Å²) >= 11 is 0. The highest BCUT2D eigenvalue weighted by Gasteiger charge is 2.18. The minimum absolute atomic E-state index is 0.576. The van der Waals surface area contributed by atoms with Crippen LogP contribution in [0.3, 0.4) is 0 Å². The smallest absolute Gasteiger partial charge is 0.164 e. The fourth-order valence-electron chi connectivity index (χ4n) is 8.21. The van der Waals surface area contributed by atoms with Crippen molar-refractivity contribution in [1.82, 2.24) is 15.0 Å². The van der Waals surface area contributed by atoms with Crippen molar-refractivity contribution < 1.29 is 4.42 Å². The van der Waals surface area contributed by atoms with E-state index < -0.39 is 0 Å². The Labute approximate surface area is 341 Å². The predicted molar refractivity (Wildman–Crippen MR) is 243 cm³/mol. The first kappa shape index (κ1) is 34.3. The van der Waals surface area contributed by atoms with Crippen molar-refractivity contribution in [3.63, 3.8) is 0 Å². The highest BCUT2D eigenvalue weighted by molar-refractivity contribution is 6.13. The molecule has 11 rings (SSSR count). The monoisotopic (exact) mass is 753 g/mol. The molecule has 59 heavy (non-hydrogen) atoms. The topological polar surface area (TPSA) is 51.8 Å². The molecule has 0 aliphatic heterocycles. The molecule has 0 aliphatic rings. The first-order valence-corrected chi connectivity index (χ1v) is 19.8. The van der Waals surface area contributed by atoms with Gasteiger partial charge >= 0.3 is 0 Å². The molecule has 0 atom stereocenters. The Morgan fingerprint density at radius 1 is 0.271 bits per heavy atom.